The lowest BCUT2D eigenvalue weighted by molar-refractivity contribution is 0.838. The van der Waals surface area contributed by atoms with Gasteiger partial charge in [-0.3, -0.25) is 0 Å². The molecule has 2 nitrogen and oxygen atoms in total. The molecule has 0 unspecified atom stereocenters. The molecule has 1 rings (SSSR count). The number of hydrogen-bond donors (Lipinski definition) is 1. The minimum absolute atomic E-state index is 0.357. The predicted octanol–water partition coefficient (Wildman–Crippen LogP) is 4.62. The topological polar surface area (TPSA) is 49.8 Å². The summed E-state index contributed by atoms with van der Waals surface area (Å²) in [5, 5.41) is 8.95. The average molecular weight is 258 g/mol. The molecule has 0 heterocycles. The van der Waals surface area contributed by atoms with Crippen molar-refractivity contribution in [1.82, 2.24) is 0 Å². The second-order valence-corrected chi connectivity index (χ2v) is 4.49. The van der Waals surface area contributed by atoms with Crippen LogP contribution in [-0.2, 0) is 0 Å². The van der Waals surface area contributed by atoms with E-state index in [2.05, 4.69) is 41.6 Å². The highest BCUT2D eigenvalue weighted by atomic mass is 14.6. The standard InChI is InChI=1S/C13H18N2.C2H6.CH3B/c1-8(2)11-5-10(7-14)6-12(9(3)4)13(11)15;2*1-2/h5-6,8-9H,15H2,1-4H3;1-2H3;1H3. The molecule has 2 radical (unpaired) electrons. The van der Waals surface area contributed by atoms with E-state index in [1.807, 2.05) is 26.0 Å². The van der Waals surface area contributed by atoms with Gasteiger partial charge in [0.1, 0.15) is 0 Å². The summed E-state index contributed by atoms with van der Waals surface area (Å²) in [7, 11) is 4.50. The number of rotatable bonds is 2. The van der Waals surface area contributed by atoms with Crippen molar-refractivity contribution in [3.63, 3.8) is 0 Å². The summed E-state index contributed by atoms with van der Waals surface area (Å²) in [6, 6.07) is 5.98. The Labute approximate surface area is 120 Å². The Bertz CT molecular complexity index is 375. The first kappa shape index (κ1) is 19.9. The van der Waals surface area contributed by atoms with Crippen LogP contribution in [0.2, 0.25) is 6.82 Å². The average Bonchev–Trinajstić information content (AvgIpc) is 2.43. The van der Waals surface area contributed by atoms with Crippen molar-refractivity contribution < 1.29 is 0 Å². The van der Waals surface area contributed by atoms with Gasteiger partial charge >= 0.3 is 0 Å². The minimum atomic E-state index is 0.357. The fourth-order valence-corrected chi connectivity index (χ4v) is 1.72. The van der Waals surface area contributed by atoms with E-state index in [1.54, 1.807) is 0 Å². The van der Waals surface area contributed by atoms with Crippen molar-refractivity contribution in [2.45, 2.75) is 60.2 Å². The van der Waals surface area contributed by atoms with Crippen LogP contribution in [0.4, 0.5) is 5.69 Å². The van der Waals surface area contributed by atoms with Crippen LogP contribution in [0.1, 0.15) is 70.1 Å². The number of nitrogen functional groups attached to an aromatic ring is 1. The number of hydrogen-bond acceptors (Lipinski definition) is 2. The maximum atomic E-state index is 8.95. The lowest BCUT2D eigenvalue weighted by atomic mass is 9.91. The van der Waals surface area contributed by atoms with Gasteiger partial charge in [0, 0.05) is 5.69 Å². The highest BCUT2D eigenvalue weighted by Gasteiger charge is 2.12. The molecule has 0 aliphatic rings. The fraction of sp³-hybridized carbons (Fsp3) is 0.562. The summed E-state index contributed by atoms with van der Waals surface area (Å²) in [6.45, 7) is 13.9. The van der Waals surface area contributed by atoms with Gasteiger partial charge in [0.2, 0.25) is 0 Å². The molecule has 0 aliphatic heterocycles. The molecular weight excluding hydrogens is 231 g/mol. The summed E-state index contributed by atoms with van der Waals surface area (Å²) < 4.78 is 0. The molecule has 0 spiro atoms. The Hall–Kier alpha value is -1.43. The highest BCUT2D eigenvalue weighted by Crippen LogP contribution is 2.31. The molecule has 0 aromatic heterocycles. The molecule has 2 N–H and O–H groups in total. The third-order valence-corrected chi connectivity index (χ3v) is 2.62. The first-order valence-electron chi connectivity index (χ1n) is 6.88. The van der Waals surface area contributed by atoms with Crippen LogP contribution in [-0.4, -0.2) is 7.85 Å². The van der Waals surface area contributed by atoms with Gasteiger partial charge in [-0.2, -0.15) is 5.26 Å². The van der Waals surface area contributed by atoms with Crippen LogP contribution < -0.4 is 5.73 Å². The van der Waals surface area contributed by atoms with Gasteiger partial charge in [0.25, 0.3) is 0 Å². The predicted molar refractivity (Wildman–Crippen MR) is 86.7 cm³/mol. The summed E-state index contributed by atoms with van der Waals surface area (Å²) in [6.07, 6.45) is 0. The second kappa shape index (κ2) is 10.5. The Kier molecular flexibility index (Phi) is 11.0. The monoisotopic (exact) mass is 258 g/mol. The van der Waals surface area contributed by atoms with Crippen molar-refractivity contribution >= 4 is 13.5 Å². The lowest BCUT2D eigenvalue weighted by Crippen LogP contribution is -2.04. The van der Waals surface area contributed by atoms with Crippen molar-refractivity contribution in [1.29, 1.82) is 5.26 Å². The molecule has 0 atom stereocenters. The molecule has 0 saturated heterocycles. The second-order valence-electron chi connectivity index (χ2n) is 4.49. The van der Waals surface area contributed by atoms with Crippen LogP contribution in [0.15, 0.2) is 12.1 Å². The van der Waals surface area contributed by atoms with Gasteiger partial charge in [0.15, 0.2) is 0 Å². The molecular formula is C16H27BN2. The summed E-state index contributed by atoms with van der Waals surface area (Å²) in [5.74, 6) is 0.714. The Balaban J connectivity index is 0. The number of nitriles is 1. The summed E-state index contributed by atoms with van der Waals surface area (Å²) >= 11 is 0. The smallest absolute Gasteiger partial charge is 0.0991 e. The number of nitrogens with zero attached hydrogens (tertiary/aromatic N) is 1. The highest BCUT2D eigenvalue weighted by molar-refractivity contribution is 6.05. The van der Waals surface area contributed by atoms with E-state index in [1.165, 1.54) is 6.82 Å². The Morgan fingerprint density at radius 3 is 1.53 bits per heavy atom. The van der Waals surface area contributed by atoms with Crippen molar-refractivity contribution in [2.75, 3.05) is 5.73 Å². The maximum Gasteiger partial charge on any atom is 0.0991 e. The van der Waals surface area contributed by atoms with Crippen LogP contribution in [0, 0.1) is 11.3 Å². The molecule has 3 heteroatoms. The molecule has 0 fully saturated rings. The Morgan fingerprint density at radius 1 is 1.00 bits per heavy atom. The molecule has 1 aromatic carbocycles. The molecule has 1 aromatic rings. The van der Waals surface area contributed by atoms with Gasteiger partial charge in [-0.1, -0.05) is 48.4 Å². The van der Waals surface area contributed by atoms with E-state index in [9.17, 15) is 0 Å². The molecule has 104 valence electrons. The van der Waals surface area contributed by atoms with E-state index in [4.69, 9.17) is 11.0 Å². The minimum Gasteiger partial charge on any atom is -0.398 e. The zero-order valence-electron chi connectivity index (χ0n) is 13.4. The normalized spacial score (nSPS) is 9.05. The van der Waals surface area contributed by atoms with E-state index in [-0.39, 0.29) is 0 Å². The van der Waals surface area contributed by atoms with Crippen LogP contribution in [0.3, 0.4) is 0 Å². The van der Waals surface area contributed by atoms with Gasteiger partial charge in [0.05, 0.1) is 19.5 Å². The fourth-order valence-electron chi connectivity index (χ4n) is 1.72. The molecule has 19 heavy (non-hydrogen) atoms. The molecule has 0 saturated carbocycles. The van der Waals surface area contributed by atoms with Crippen LogP contribution in [0.25, 0.3) is 0 Å². The van der Waals surface area contributed by atoms with Gasteiger partial charge in [-0.25, -0.2) is 0 Å². The van der Waals surface area contributed by atoms with E-state index >= 15 is 0 Å². The number of nitrogens with two attached hydrogens (primary N) is 1. The summed E-state index contributed by atoms with van der Waals surface area (Å²) in [4.78, 5) is 0. The first-order valence-corrected chi connectivity index (χ1v) is 6.88. The van der Waals surface area contributed by atoms with E-state index < -0.39 is 0 Å². The molecule has 0 bridgehead atoms. The van der Waals surface area contributed by atoms with Crippen LogP contribution in [0.5, 0.6) is 0 Å². The van der Waals surface area contributed by atoms with Crippen molar-refractivity contribution in [2.24, 2.45) is 0 Å². The number of anilines is 1. The zero-order valence-corrected chi connectivity index (χ0v) is 13.4. The van der Waals surface area contributed by atoms with Crippen molar-refractivity contribution in [3.05, 3.63) is 28.8 Å². The van der Waals surface area contributed by atoms with E-state index in [0.29, 0.717) is 17.4 Å². The molecule has 0 amide bonds. The zero-order chi connectivity index (χ0) is 15.6. The lowest BCUT2D eigenvalue weighted by Gasteiger charge is -2.16. The Morgan fingerprint density at radius 2 is 1.32 bits per heavy atom. The van der Waals surface area contributed by atoms with Crippen molar-refractivity contribution in [3.8, 4) is 6.07 Å². The summed E-state index contributed by atoms with van der Waals surface area (Å²) in [5.41, 5.74) is 9.81. The number of benzene rings is 1. The maximum absolute atomic E-state index is 8.95. The van der Waals surface area contributed by atoms with Gasteiger partial charge in [-0.15, -0.1) is 0 Å². The molecule has 0 aliphatic carbocycles. The SMILES string of the molecule is CC.CC(C)c1cc(C#N)cc(C(C)C)c1N.[B]C. The first-order chi connectivity index (χ1) is 8.97. The third kappa shape index (κ3) is 5.83. The van der Waals surface area contributed by atoms with Gasteiger partial charge in [-0.05, 0) is 35.1 Å². The third-order valence-electron chi connectivity index (χ3n) is 2.62. The largest absolute Gasteiger partial charge is 0.398 e. The quantitative estimate of drug-likeness (QED) is 0.621. The van der Waals surface area contributed by atoms with Gasteiger partial charge < -0.3 is 5.73 Å². The van der Waals surface area contributed by atoms with E-state index in [0.717, 1.165) is 16.8 Å². The van der Waals surface area contributed by atoms with Crippen LogP contribution >= 0.6 is 0 Å².